The number of nitrogens with one attached hydrogen (secondary N) is 1. The lowest BCUT2D eigenvalue weighted by molar-refractivity contribution is 0.141. The predicted molar refractivity (Wildman–Crippen MR) is 87.2 cm³/mol. The van der Waals surface area contributed by atoms with Crippen LogP contribution in [0, 0.1) is 0 Å². The first kappa shape index (κ1) is 15.4. The summed E-state index contributed by atoms with van der Waals surface area (Å²) < 4.78 is 11.5. The van der Waals surface area contributed by atoms with Crippen molar-refractivity contribution >= 4 is 5.69 Å². The molecule has 0 aliphatic carbocycles. The average molecular weight is 285 g/mol. The van der Waals surface area contributed by atoms with E-state index in [9.17, 15) is 0 Å². The maximum atomic E-state index is 5.90. The quantitative estimate of drug-likeness (QED) is 0.677. The van der Waals surface area contributed by atoms with Gasteiger partial charge in [-0.2, -0.15) is 0 Å². The summed E-state index contributed by atoms with van der Waals surface area (Å²) in [4.78, 5) is 0. The van der Waals surface area contributed by atoms with Crippen molar-refractivity contribution in [3.8, 4) is 11.5 Å². The van der Waals surface area contributed by atoms with Crippen molar-refractivity contribution in [3.05, 3.63) is 54.6 Å². The number of hydrogen-bond donors (Lipinski definition) is 1. The molecule has 0 saturated carbocycles. The van der Waals surface area contributed by atoms with Gasteiger partial charge < -0.3 is 14.8 Å². The Morgan fingerprint density at radius 1 is 0.905 bits per heavy atom. The van der Waals surface area contributed by atoms with E-state index in [-0.39, 0.29) is 0 Å². The highest BCUT2D eigenvalue weighted by atomic mass is 16.5. The van der Waals surface area contributed by atoms with Gasteiger partial charge in [0.1, 0.15) is 5.75 Å². The van der Waals surface area contributed by atoms with Gasteiger partial charge in [0.05, 0.1) is 12.3 Å². The van der Waals surface area contributed by atoms with Gasteiger partial charge in [-0.3, -0.25) is 0 Å². The van der Waals surface area contributed by atoms with Crippen molar-refractivity contribution < 1.29 is 9.47 Å². The SMILES string of the molecule is CCCCOCCNc1ccccc1Oc1ccccc1. The van der Waals surface area contributed by atoms with Gasteiger partial charge in [-0.05, 0) is 30.7 Å². The Morgan fingerprint density at radius 3 is 2.48 bits per heavy atom. The molecular weight excluding hydrogens is 262 g/mol. The van der Waals surface area contributed by atoms with E-state index in [2.05, 4.69) is 12.2 Å². The zero-order valence-electron chi connectivity index (χ0n) is 12.5. The monoisotopic (exact) mass is 285 g/mol. The molecule has 2 rings (SSSR count). The molecule has 112 valence electrons. The molecule has 21 heavy (non-hydrogen) atoms. The number of anilines is 1. The summed E-state index contributed by atoms with van der Waals surface area (Å²) in [5.74, 6) is 1.67. The second-order valence-corrected chi connectivity index (χ2v) is 4.80. The van der Waals surface area contributed by atoms with Crippen LogP contribution in [0.4, 0.5) is 5.69 Å². The molecule has 0 amide bonds. The maximum absolute atomic E-state index is 5.90. The van der Waals surface area contributed by atoms with E-state index in [4.69, 9.17) is 9.47 Å². The minimum atomic E-state index is 0.708. The molecule has 0 atom stereocenters. The second-order valence-electron chi connectivity index (χ2n) is 4.80. The van der Waals surface area contributed by atoms with Gasteiger partial charge in [0.15, 0.2) is 5.75 Å². The van der Waals surface area contributed by atoms with E-state index in [1.54, 1.807) is 0 Å². The van der Waals surface area contributed by atoms with Crippen LogP contribution in [0.2, 0.25) is 0 Å². The van der Waals surface area contributed by atoms with Gasteiger partial charge in [0.2, 0.25) is 0 Å². The lowest BCUT2D eigenvalue weighted by atomic mass is 10.3. The minimum Gasteiger partial charge on any atom is -0.455 e. The van der Waals surface area contributed by atoms with Gasteiger partial charge in [0.25, 0.3) is 0 Å². The summed E-state index contributed by atoms with van der Waals surface area (Å²) >= 11 is 0. The van der Waals surface area contributed by atoms with E-state index in [1.165, 1.54) is 6.42 Å². The Morgan fingerprint density at radius 2 is 1.67 bits per heavy atom. The molecule has 0 aliphatic rings. The van der Waals surface area contributed by atoms with Gasteiger partial charge in [-0.1, -0.05) is 43.7 Å². The summed E-state index contributed by atoms with van der Waals surface area (Å²) in [7, 11) is 0. The summed E-state index contributed by atoms with van der Waals surface area (Å²) in [6, 6.07) is 17.8. The molecule has 0 aromatic heterocycles. The molecule has 2 aromatic carbocycles. The van der Waals surface area contributed by atoms with Gasteiger partial charge in [-0.15, -0.1) is 0 Å². The summed E-state index contributed by atoms with van der Waals surface area (Å²) in [5.41, 5.74) is 0.987. The molecule has 0 bridgehead atoms. The van der Waals surface area contributed by atoms with Crippen LogP contribution in [0.1, 0.15) is 19.8 Å². The van der Waals surface area contributed by atoms with E-state index >= 15 is 0 Å². The van der Waals surface area contributed by atoms with Crippen LogP contribution in [0.15, 0.2) is 54.6 Å². The first-order chi connectivity index (χ1) is 10.4. The summed E-state index contributed by atoms with van der Waals surface area (Å²) in [6.45, 7) is 4.48. The van der Waals surface area contributed by atoms with Crippen LogP contribution in [0.25, 0.3) is 0 Å². The highest BCUT2D eigenvalue weighted by Gasteiger charge is 2.03. The molecule has 0 aliphatic heterocycles. The molecule has 3 nitrogen and oxygen atoms in total. The highest BCUT2D eigenvalue weighted by molar-refractivity contribution is 5.57. The fourth-order valence-electron chi connectivity index (χ4n) is 1.92. The zero-order valence-corrected chi connectivity index (χ0v) is 12.5. The molecule has 0 fully saturated rings. The molecule has 0 spiro atoms. The fraction of sp³-hybridized carbons (Fsp3) is 0.333. The summed E-state index contributed by atoms with van der Waals surface area (Å²) in [6.07, 6.45) is 2.29. The number of hydrogen-bond acceptors (Lipinski definition) is 3. The van der Waals surface area contributed by atoms with Crippen LogP contribution in [-0.2, 0) is 4.74 Å². The van der Waals surface area contributed by atoms with Crippen molar-refractivity contribution in [1.29, 1.82) is 0 Å². The molecule has 2 aromatic rings. The number of unbranched alkanes of at least 4 members (excludes halogenated alkanes) is 1. The zero-order chi connectivity index (χ0) is 14.8. The number of rotatable bonds is 9. The van der Waals surface area contributed by atoms with Crippen LogP contribution in [0.5, 0.6) is 11.5 Å². The Balaban J connectivity index is 1.85. The van der Waals surface area contributed by atoms with Gasteiger partial charge >= 0.3 is 0 Å². The molecule has 0 saturated heterocycles. The third kappa shape index (κ3) is 5.48. The lowest BCUT2D eigenvalue weighted by Gasteiger charge is -2.13. The van der Waals surface area contributed by atoms with Gasteiger partial charge in [-0.25, -0.2) is 0 Å². The summed E-state index contributed by atoms with van der Waals surface area (Å²) in [5, 5.41) is 3.36. The van der Waals surface area contributed by atoms with Crippen molar-refractivity contribution in [2.45, 2.75) is 19.8 Å². The van der Waals surface area contributed by atoms with E-state index < -0.39 is 0 Å². The van der Waals surface area contributed by atoms with E-state index in [1.807, 2.05) is 54.6 Å². The minimum absolute atomic E-state index is 0.708. The fourth-order valence-corrected chi connectivity index (χ4v) is 1.92. The number of ether oxygens (including phenoxy) is 2. The highest BCUT2D eigenvalue weighted by Crippen LogP contribution is 2.28. The topological polar surface area (TPSA) is 30.5 Å². The van der Waals surface area contributed by atoms with Crippen molar-refractivity contribution in [3.63, 3.8) is 0 Å². The maximum Gasteiger partial charge on any atom is 0.150 e. The normalized spacial score (nSPS) is 10.3. The van der Waals surface area contributed by atoms with Crippen LogP contribution in [0.3, 0.4) is 0 Å². The number of para-hydroxylation sites is 3. The smallest absolute Gasteiger partial charge is 0.150 e. The molecule has 0 radical (unpaired) electrons. The van der Waals surface area contributed by atoms with Crippen molar-refractivity contribution in [2.24, 2.45) is 0 Å². The predicted octanol–water partition coefficient (Wildman–Crippen LogP) is 4.71. The lowest BCUT2D eigenvalue weighted by Crippen LogP contribution is -2.10. The van der Waals surface area contributed by atoms with E-state index in [0.717, 1.165) is 36.8 Å². The third-order valence-electron chi connectivity index (χ3n) is 3.06. The molecule has 0 unspecified atom stereocenters. The first-order valence-electron chi connectivity index (χ1n) is 7.53. The van der Waals surface area contributed by atoms with Crippen molar-refractivity contribution in [2.75, 3.05) is 25.1 Å². The molecule has 0 heterocycles. The van der Waals surface area contributed by atoms with Crippen LogP contribution < -0.4 is 10.1 Å². The Kier molecular flexibility index (Phi) is 6.62. The molecule has 3 heteroatoms. The Bertz CT molecular complexity index is 514. The largest absolute Gasteiger partial charge is 0.455 e. The van der Waals surface area contributed by atoms with E-state index in [0.29, 0.717) is 6.61 Å². The molecular formula is C18H23NO2. The standard InChI is InChI=1S/C18H23NO2/c1-2-3-14-20-15-13-19-17-11-7-8-12-18(17)21-16-9-5-4-6-10-16/h4-12,19H,2-3,13-15H2,1H3. The molecule has 1 N–H and O–H groups in total. The van der Waals surface area contributed by atoms with Crippen molar-refractivity contribution in [1.82, 2.24) is 0 Å². The van der Waals surface area contributed by atoms with Gasteiger partial charge in [0, 0.05) is 13.2 Å². The Hall–Kier alpha value is -2.00. The first-order valence-corrected chi connectivity index (χ1v) is 7.53. The van der Waals surface area contributed by atoms with Crippen LogP contribution in [-0.4, -0.2) is 19.8 Å². The third-order valence-corrected chi connectivity index (χ3v) is 3.06. The number of benzene rings is 2. The second kappa shape index (κ2) is 9.03. The van der Waals surface area contributed by atoms with Crippen LogP contribution >= 0.6 is 0 Å². The average Bonchev–Trinajstić information content (AvgIpc) is 2.53. The Labute approximate surface area is 126 Å².